The Bertz CT molecular complexity index is 430. The predicted molar refractivity (Wildman–Crippen MR) is 77.0 cm³/mol. The molecular weight excluding hydrogens is 244 g/mol. The van der Waals surface area contributed by atoms with Crippen LogP contribution in [0, 0.1) is 5.92 Å². The minimum Gasteiger partial charge on any atom is -0.325 e. The number of carbonyl (C=O) groups is 1. The van der Waals surface area contributed by atoms with Crippen molar-refractivity contribution in [3.63, 3.8) is 0 Å². The number of amides is 1. The van der Waals surface area contributed by atoms with Crippen molar-refractivity contribution in [2.75, 3.05) is 24.2 Å². The Morgan fingerprint density at radius 3 is 2.94 bits per heavy atom. The van der Waals surface area contributed by atoms with Gasteiger partial charge in [0.2, 0.25) is 5.91 Å². The van der Waals surface area contributed by atoms with Crippen LogP contribution in [-0.4, -0.2) is 24.7 Å². The summed E-state index contributed by atoms with van der Waals surface area (Å²) in [6.45, 7) is 5.63. The Kier molecular flexibility index (Phi) is 4.84. The van der Waals surface area contributed by atoms with Gasteiger partial charge in [0, 0.05) is 17.1 Å². The molecule has 18 heavy (non-hydrogen) atoms. The largest absolute Gasteiger partial charge is 0.325 e. The highest BCUT2D eigenvalue weighted by Crippen LogP contribution is 2.27. The number of hydrogen-bond acceptors (Lipinski definition) is 3. The van der Waals surface area contributed by atoms with Gasteiger partial charge >= 0.3 is 0 Å². The van der Waals surface area contributed by atoms with E-state index in [1.165, 1.54) is 0 Å². The van der Waals surface area contributed by atoms with Crippen LogP contribution < -0.4 is 10.6 Å². The Balaban J connectivity index is 1.93. The molecule has 96 valence electrons. The first-order valence-corrected chi connectivity index (χ1v) is 7.11. The van der Waals surface area contributed by atoms with Gasteiger partial charge in [-0.2, -0.15) is 0 Å². The van der Waals surface area contributed by atoms with Crippen LogP contribution >= 0.6 is 11.8 Å². The third-order valence-electron chi connectivity index (χ3n) is 2.86. The maximum atomic E-state index is 11.9. The van der Waals surface area contributed by atoms with Crippen molar-refractivity contribution in [1.82, 2.24) is 5.32 Å². The molecule has 0 spiro atoms. The molecule has 0 saturated carbocycles. The minimum absolute atomic E-state index is 0.105. The molecular formula is C14H18N2OS. The molecule has 4 heteroatoms. The predicted octanol–water partition coefficient (Wildman–Crippen LogP) is 2.51. The van der Waals surface area contributed by atoms with E-state index in [2.05, 4.69) is 17.2 Å². The smallest absolute Gasteiger partial charge is 0.224 e. The van der Waals surface area contributed by atoms with Gasteiger partial charge < -0.3 is 10.6 Å². The summed E-state index contributed by atoms with van der Waals surface area (Å²) < 4.78 is 0. The van der Waals surface area contributed by atoms with Crippen LogP contribution in [0.3, 0.4) is 0 Å². The lowest BCUT2D eigenvalue weighted by atomic mass is 9.99. The van der Waals surface area contributed by atoms with Gasteiger partial charge in [0.05, 0.1) is 5.69 Å². The molecule has 0 aromatic heterocycles. The fraction of sp³-hybridized carbons (Fsp3) is 0.357. The quantitative estimate of drug-likeness (QED) is 0.611. The molecule has 1 heterocycles. The average molecular weight is 262 g/mol. The highest BCUT2D eigenvalue weighted by molar-refractivity contribution is 7.99. The van der Waals surface area contributed by atoms with E-state index < -0.39 is 0 Å². The van der Waals surface area contributed by atoms with Crippen molar-refractivity contribution < 1.29 is 4.79 Å². The second-order valence-corrected chi connectivity index (χ2v) is 5.43. The van der Waals surface area contributed by atoms with Crippen LogP contribution in [0.25, 0.3) is 0 Å². The van der Waals surface area contributed by atoms with Crippen molar-refractivity contribution in [2.45, 2.75) is 11.3 Å². The van der Waals surface area contributed by atoms with Gasteiger partial charge in [0.15, 0.2) is 0 Å². The van der Waals surface area contributed by atoms with Crippen molar-refractivity contribution in [1.29, 1.82) is 0 Å². The van der Waals surface area contributed by atoms with Gasteiger partial charge in [-0.05, 0) is 31.1 Å². The molecule has 0 unspecified atom stereocenters. The Hall–Kier alpha value is -1.26. The lowest BCUT2D eigenvalue weighted by Gasteiger charge is -2.26. The molecule has 2 rings (SSSR count). The summed E-state index contributed by atoms with van der Waals surface area (Å²) in [5.74, 6) is 1.45. The molecule has 0 atom stereocenters. The van der Waals surface area contributed by atoms with E-state index >= 15 is 0 Å². The summed E-state index contributed by atoms with van der Waals surface area (Å²) in [7, 11) is 0. The zero-order valence-electron chi connectivity index (χ0n) is 10.3. The van der Waals surface area contributed by atoms with Crippen LogP contribution in [0.4, 0.5) is 5.69 Å². The lowest BCUT2D eigenvalue weighted by Crippen LogP contribution is -2.43. The van der Waals surface area contributed by atoms with Gasteiger partial charge in [0.1, 0.15) is 0 Å². The van der Waals surface area contributed by atoms with Crippen LogP contribution in [0.5, 0.6) is 0 Å². The first-order chi connectivity index (χ1) is 8.79. The van der Waals surface area contributed by atoms with Gasteiger partial charge in [-0.3, -0.25) is 4.79 Å². The Labute approximate surface area is 112 Å². The first-order valence-electron chi connectivity index (χ1n) is 6.13. The topological polar surface area (TPSA) is 41.1 Å². The number of carbonyl (C=O) groups excluding carboxylic acids is 1. The molecule has 0 aliphatic carbocycles. The maximum absolute atomic E-state index is 11.9. The summed E-state index contributed by atoms with van der Waals surface area (Å²) in [6, 6.07) is 7.90. The van der Waals surface area contributed by atoms with Gasteiger partial charge in [-0.15, -0.1) is 18.3 Å². The maximum Gasteiger partial charge on any atom is 0.224 e. The number of rotatable bonds is 6. The van der Waals surface area contributed by atoms with E-state index in [1.807, 2.05) is 30.3 Å². The molecule has 1 aliphatic rings. The standard InChI is InChI=1S/C14H18N2OS/c1-2-7-18-13-6-4-3-5-12(13)16-14(17)8-11-9-15-10-11/h2-6,11,15H,1,7-10H2,(H,16,17). The summed E-state index contributed by atoms with van der Waals surface area (Å²) >= 11 is 1.68. The normalized spacial score (nSPS) is 14.9. The zero-order valence-corrected chi connectivity index (χ0v) is 11.1. The monoisotopic (exact) mass is 262 g/mol. The molecule has 3 nitrogen and oxygen atoms in total. The van der Waals surface area contributed by atoms with E-state index in [0.29, 0.717) is 12.3 Å². The molecule has 1 aromatic carbocycles. The summed E-state index contributed by atoms with van der Waals surface area (Å²) in [6.07, 6.45) is 2.47. The number of para-hydroxylation sites is 1. The van der Waals surface area contributed by atoms with Gasteiger partial charge in [-0.1, -0.05) is 18.2 Å². The van der Waals surface area contributed by atoms with Crippen LogP contribution in [0.1, 0.15) is 6.42 Å². The van der Waals surface area contributed by atoms with Crippen molar-refractivity contribution in [3.8, 4) is 0 Å². The first kappa shape index (κ1) is 13.2. The van der Waals surface area contributed by atoms with Crippen molar-refractivity contribution in [3.05, 3.63) is 36.9 Å². The van der Waals surface area contributed by atoms with E-state index in [1.54, 1.807) is 11.8 Å². The lowest BCUT2D eigenvalue weighted by molar-refractivity contribution is -0.117. The fourth-order valence-corrected chi connectivity index (χ4v) is 2.55. The van der Waals surface area contributed by atoms with Gasteiger partial charge in [-0.25, -0.2) is 0 Å². The second-order valence-electron chi connectivity index (χ2n) is 4.37. The summed E-state index contributed by atoms with van der Waals surface area (Å²) in [5.41, 5.74) is 0.904. The van der Waals surface area contributed by atoms with Crippen molar-refractivity contribution in [2.24, 2.45) is 5.92 Å². The third-order valence-corrected chi connectivity index (χ3v) is 3.93. The summed E-state index contributed by atoms with van der Waals surface area (Å²) in [4.78, 5) is 13.0. The summed E-state index contributed by atoms with van der Waals surface area (Å²) in [5, 5.41) is 6.17. The Morgan fingerprint density at radius 2 is 2.28 bits per heavy atom. The van der Waals surface area contributed by atoms with Gasteiger partial charge in [0.25, 0.3) is 0 Å². The van der Waals surface area contributed by atoms with E-state index in [-0.39, 0.29) is 5.91 Å². The molecule has 1 aromatic rings. The fourth-order valence-electron chi connectivity index (χ4n) is 1.80. The van der Waals surface area contributed by atoms with E-state index in [9.17, 15) is 4.79 Å². The molecule has 1 saturated heterocycles. The van der Waals surface area contributed by atoms with Crippen LogP contribution in [0.15, 0.2) is 41.8 Å². The molecule has 1 amide bonds. The number of hydrogen-bond donors (Lipinski definition) is 2. The highest BCUT2D eigenvalue weighted by atomic mass is 32.2. The van der Waals surface area contributed by atoms with E-state index in [4.69, 9.17) is 0 Å². The molecule has 0 bridgehead atoms. The second kappa shape index (κ2) is 6.61. The Morgan fingerprint density at radius 1 is 1.50 bits per heavy atom. The molecule has 1 aliphatic heterocycles. The molecule has 1 fully saturated rings. The number of nitrogens with one attached hydrogen (secondary N) is 2. The highest BCUT2D eigenvalue weighted by Gasteiger charge is 2.20. The van der Waals surface area contributed by atoms with Crippen molar-refractivity contribution >= 4 is 23.4 Å². The molecule has 2 N–H and O–H groups in total. The minimum atomic E-state index is 0.105. The van der Waals surface area contributed by atoms with Crippen LogP contribution in [0.2, 0.25) is 0 Å². The average Bonchev–Trinajstić information content (AvgIpc) is 2.33. The van der Waals surface area contributed by atoms with E-state index in [0.717, 1.165) is 29.4 Å². The number of benzene rings is 1. The molecule has 0 radical (unpaired) electrons. The number of anilines is 1. The number of thioether (sulfide) groups is 1. The van der Waals surface area contributed by atoms with Crippen LogP contribution in [-0.2, 0) is 4.79 Å². The third kappa shape index (κ3) is 3.62. The zero-order chi connectivity index (χ0) is 12.8. The SMILES string of the molecule is C=CCSc1ccccc1NC(=O)CC1CNC1.